The molecule has 0 radical (unpaired) electrons. The third kappa shape index (κ3) is 3.35. The molecule has 1 fully saturated rings. The lowest BCUT2D eigenvalue weighted by Gasteiger charge is -2.31. The molecule has 11 heteroatoms. The zero-order valence-electron chi connectivity index (χ0n) is 15.4. The van der Waals surface area contributed by atoms with E-state index in [1.807, 2.05) is 0 Å². The number of nitro benzene ring substituents is 2. The zero-order valence-corrected chi connectivity index (χ0v) is 16.9. The highest BCUT2D eigenvalue weighted by Gasteiger charge is 2.49. The number of rotatable bonds is 5. The molecule has 1 saturated carbocycles. The van der Waals surface area contributed by atoms with Crippen molar-refractivity contribution in [2.45, 2.75) is 27.9 Å². The van der Waals surface area contributed by atoms with Crippen LogP contribution in [-0.2, 0) is 0 Å². The Labute approximate surface area is 179 Å². The third-order valence-electron chi connectivity index (χ3n) is 5.61. The topological polar surface area (TPSA) is 136 Å². The van der Waals surface area contributed by atoms with Crippen LogP contribution in [-0.4, -0.2) is 38.1 Å². The molecule has 1 aliphatic heterocycles. The number of carboxylic acids is 1. The molecule has 0 bridgehead atoms. The average molecular weight is 450 g/mol. The van der Waals surface area contributed by atoms with E-state index in [-0.39, 0.29) is 33.8 Å². The predicted octanol–water partition coefficient (Wildman–Crippen LogP) is 4.50. The number of nitrogens with one attached hydrogen (secondary N) is 1. The molecule has 0 saturated heterocycles. The van der Waals surface area contributed by atoms with E-state index >= 15 is 0 Å². The van der Waals surface area contributed by atoms with Crippen molar-refractivity contribution in [3.63, 3.8) is 0 Å². The van der Waals surface area contributed by atoms with Crippen molar-refractivity contribution in [3.05, 3.63) is 67.8 Å². The third-order valence-corrected chi connectivity index (χ3v) is 7.72. The maximum Gasteiger partial charge on any atom is 0.337 e. The van der Waals surface area contributed by atoms with Gasteiger partial charge in [-0.05, 0) is 24.5 Å². The Morgan fingerprint density at radius 1 is 1.13 bits per heavy atom. The number of fused-ring (bicyclic) bond motifs is 3. The second-order valence-corrected chi connectivity index (χ2v) is 9.00. The Morgan fingerprint density at radius 3 is 2.50 bits per heavy atom. The second kappa shape index (κ2) is 7.77. The molecular formula is C19H16ClN3O6S. The zero-order chi connectivity index (χ0) is 21.6. The summed E-state index contributed by atoms with van der Waals surface area (Å²) in [6, 6.07) is 8.82. The average Bonchev–Trinajstić information content (AvgIpc) is 3.02. The van der Waals surface area contributed by atoms with Crippen LogP contribution in [0.1, 0.15) is 28.3 Å². The predicted molar refractivity (Wildman–Crippen MR) is 112 cm³/mol. The maximum absolute atomic E-state index is 11.6. The van der Waals surface area contributed by atoms with Gasteiger partial charge in [0.2, 0.25) is 0 Å². The molecule has 1 heterocycles. The van der Waals surface area contributed by atoms with Gasteiger partial charge >= 0.3 is 5.97 Å². The highest BCUT2D eigenvalue weighted by molar-refractivity contribution is 8.00. The standard InChI is InChI=1S/C19H16ClN3O6S/c20-17-14(30-13-4-2-1-3-11(13)22(26)27)7-9-8-21-18-10(19(24)25)5-6-12(23(28)29)16(18)15(9)17/h1-6,9,14-15,17,21H,7-8H2,(H,24,25)/t9-,14+,15-,17-/m0/s1. The number of anilines is 1. The summed E-state index contributed by atoms with van der Waals surface area (Å²) in [5, 5.41) is 34.8. The molecule has 0 unspecified atom stereocenters. The summed E-state index contributed by atoms with van der Waals surface area (Å²) >= 11 is 8.07. The second-order valence-electron chi connectivity index (χ2n) is 7.21. The molecule has 30 heavy (non-hydrogen) atoms. The van der Waals surface area contributed by atoms with E-state index in [1.54, 1.807) is 18.2 Å². The van der Waals surface area contributed by atoms with Gasteiger partial charge in [-0.3, -0.25) is 20.2 Å². The Hall–Kier alpha value is -2.85. The monoisotopic (exact) mass is 449 g/mol. The Kier molecular flexibility index (Phi) is 5.29. The van der Waals surface area contributed by atoms with Crippen molar-refractivity contribution in [1.82, 2.24) is 0 Å². The summed E-state index contributed by atoms with van der Waals surface area (Å²) in [7, 11) is 0. The summed E-state index contributed by atoms with van der Waals surface area (Å²) in [6.07, 6.45) is 0.594. The fourth-order valence-electron chi connectivity index (χ4n) is 4.36. The molecule has 1 aliphatic carbocycles. The molecule has 4 atom stereocenters. The van der Waals surface area contributed by atoms with Gasteiger partial charge in [-0.2, -0.15) is 0 Å². The number of carboxylic acid groups (broad SMARTS) is 1. The van der Waals surface area contributed by atoms with Gasteiger partial charge in [0.15, 0.2) is 0 Å². The summed E-state index contributed by atoms with van der Waals surface area (Å²) in [5.41, 5.74) is 0.326. The number of nitrogens with zero attached hydrogens (tertiary/aromatic N) is 2. The van der Waals surface area contributed by atoms with Gasteiger partial charge < -0.3 is 10.4 Å². The summed E-state index contributed by atoms with van der Waals surface area (Å²) in [5.74, 6) is -1.66. The van der Waals surface area contributed by atoms with Gasteiger partial charge in [-0.1, -0.05) is 12.1 Å². The minimum absolute atomic E-state index is 0.0149. The van der Waals surface area contributed by atoms with E-state index in [4.69, 9.17) is 11.6 Å². The van der Waals surface area contributed by atoms with Gasteiger partial charge in [0.05, 0.1) is 36.9 Å². The van der Waals surface area contributed by atoms with Gasteiger partial charge in [0, 0.05) is 29.8 Å². The Balaban J connectivity index is 1.73. The first-order valence-electron chi connectivity index (χ1n) is 9.12. The highest BCUT2D eigenvalue weighted by Crippen LogP contribution is 2.55. The number of alkyl halides is 1. The highest BCUT2D eigenvalue weighted by atomic mass is 35.5. The van der Waals surface area contributed by atoms with Crippen LogP contribution < -0.4 is 5.32 Å². The molecule has 0 aromatic heterocycles. The number of hydrogen-bond acceptors (Lipinski definition) is 7. The normalized spacial score (nSPS) is 24.4. The van der Waals surface area contributed by atoms with Crippen molar-refractivity contribution in [1.29, 1.82) is 0 Å². The minimum Gasteiger partial charge on any atom is -0.478 e. The number of halogens is 1. The molecule has 2 N–H and O–H groups in total. The van der Waals surface area contributed by atoms with E-state index in [0.29, 0.717) is 23.4 Å². The van der Waals surface area contributed by atoms with Crippen molar-refractivity contribution < 1.29 is 19.7 Å². The molecule has 2 aliphatic rings. The fraction of sp³-hybridized carbons (Fsp3) is 0.316. The first-order chi connectivity index (χ1) is 14.3. The molecule has 156 valence electrons. The van der Waals surface area contributed by atoms with Crippen LogP contribution in [0.5, 0.6) is 0 Å². The van der Waals surface area contributed by atoms with Crippen molar-refractivity contribution >= 4 is 46.4 Å². The number of carbonyl (C=O) groups is 1. The summed E-state index contributed by atoms with van der Waals surface area (Å²) in [4.78, 5) is 34.1. The molecule has 9 nitrogen and oxygen atoms in total. The lowest BCUT2D eigenvalue weighted by atomic mass is 9.82. The molecule has 0 amide bonds. The number of benzene rings is 2. The molecule has 2 aromatic rings. The molecule has 0 spiro atoms. The summed E-state index contributed by atoms with van der Waals surface area (Å²) in [6.45, 7) is 0.427. The van der Waals surface area contributed by atoms with Crippen LogP contribution in [0.2, 0.25) is 0 Å². The number of thioether (sulfide) groups is 1. The minimum atomic E-state index is -1.18. The van der Waals surface area contributed by atoms with Gasteiger partial charge in [-0.25, -0.2) is 4.79 Å². The molecule has 4 rings (SSSR count). The van der Waals surface area contributed by atoms with Crippen LogP contribution in [0.25, 0.3) is 0 Å². The largest absolute Gasteiger partial charge is 0.478 e. The number of nitro groups is 2. The first kappa shape index (κ1) is 20.4. The van der Waals surface area contributed by atoms with Gasteiger partial charge in [0.1, 0.15) is 0 Å². The summed E-state index contributed by atoms with van der Waals surface area (Å²) < 4.78 is 0. The SMILES string of the molecule is O=C(O)c1ccc([N+](=O)[O-])c2c1NC[C@@H]1C[C@@H](Sc3ccccc3[N+](=O)[O-])[C@H](Cl)[C@H]21. The van der Waals surface area contributed by atoms with E-state index in [0.717, 1.165) is 0 Å². The van der Waals surface area contributed by atoms with Crippen LogP contribution in [0.3, 0.4) is 0 Å². The van der Waals surface area contributed by atoms with Crippen LogP contribution in [0.15, 0.2) is 41.3 Å². The quantitative estimate of drug-likeness (QED) is 0.387. The first-order valence-corrected chi connectivity index (χ1v) is 10.4. The Bertz CT molecular complexity index is 1060. The lowest BCUT2D eigenvalue weighted by Crippen LogP contribution is -2.29. The fourth-order valence-corrected chi connectivity index (χ4v) is 6.34. The van der Waals surface area contributed by atoms with E-state index in [9.17, 15) is 30.1 Å². The molecule has 2 aromatic carbocycles. The van der Waals surface area contributed by atoms with Gasteiger partial charge in [0.25, 0.3) is 11.4 Å². The van der Waals surface area contributed by atoms with Crippen molar-refractivity contribution in [3.8, 4) is 0 Å². The molecular weight excluding hydrogens is 434 g/mol. The van der Waals surface area contributed by atoms with E-state index < -0.39 is 27.1 Å². The van der Waals surface area contributed by atoms with Crippen LogP contribution in [0.4, 0.5) is 17.1 Å². The van der Waals surface area contributed by atoms with E-state index in [2.05, 4.69) is 5.32 Å². The maximum atomic E-state index is 11.6. The van der Waals surface area contributed by atoms with E-state index in [1.165, 1.54) is 30.0 Å². The smallest absolute Gasteiger partial charge is 0.337 e. The van der Waals surface area contributed by atoms with Crippen molar-refractivity contribution in [2.75, 3.05) is 11.9 Å². The number of aromatic carboxylic acids is 1. The lowest BCUT2D eigenvalue weighted by molar-refractivity contribution is -0.387. The van der Waals surface area contributed by atoms with Crippen LogP contribution >= 0.6 is 23.4 Å². The Morgan fingerprint density at radius 2 is 1.83 bits per heavy atom. The van der Waals surface area contributed by atoms with Crippen LogP contribution in [0, 0.1) is 26.1 Å². The van der Waals surface area contributed by atoms with Gasteiger partial charge in [-0.15, -0.1) is 23.4 Å². The van der Waals surface area contributed by atoms with Crippen molar-refractivity contribution in [2.24, 2.45) is 5.92 Å². The number of hydrogen-bond donors (Lipinski definition) is 2. The number of para-hydroxylation sites is 1.